The normalized spacial score (nSPS) is 18.2. The molecule has 0 radical (unpaired) electrons. The molecule has 174 valence electrons. The Bertz CT molecular complexity index is 944. The molecule has 9 heteroatoms. The van der Waals surface area contributed by atoms with E-state index in [1.165, 1.54) is 18.2 Å². The summed E-state index contributed by atoms with van der Waals surface area (Å²) in [6.45, 7) is 2.61. The zero-order valence-electron chi connectivity index (χ0n) is 17.4. The van der Waals surface area contributed by atoms with Crippen LogP contribution in [-0.2, 0) is 12.4 Å². The molecule has 32 heavy (non-hydrogen) atoms. The van der Waals surface area contributed by atoms with Gasteiger partial charge in [0, 0.05) is 54.6 Å². The van der Waals surface area contributed by atoms with Crippen molar-refractivity contribution in [3.63, 3.8) is 0 Å². The van der Waals surface area contributed by atoms with E-state index in [1.54, 1.807) is 11.8 Å². The third kappa shape index (κ3) is 4.97. The van der Waals surface area contributed by atoms with E-state index in [9.17, 15) is 26.3 Å². The van der Waals surface area contributed by atoms with Crippen molar-refractivity contribution in [1.82, 2.24) is 0 Å². The van der Waals surface area contributed by atoms with E-state index in [0.29, 0.717) is 24.5 Å². The zero-order valence-corrected chi connectivity index (χ0v) is 18.2. The van der Waals surface area contributed by atoms with Crippen LogP contribution in [0.2, 0.25) is 0 Å². The van der Waals surface area contributed by atoms with Gasteiger partial charge in [-0.3, -0.25) is 0 Å². The van der Waals surface area contributed by atoms with Crippen LogP contribution in [0.5, 0.6) is 0 Å². The summed E-state index contributed by atoms with van der Waals surface area (Å²) in [5, 5.41) is 0. The molecule has 2 aliphatic heterocycles. The van der Waals surface area contributed by atoms with Crippen molar-refractivity contribution in [3.05, 3.63) is 47.5 Å². The first kappa shape index (κ1) is 23.1. The summed E-state index contributed by atoms with van der Waals surface area (Å²) in [5.74, 6) is 1.56. The van der Waals surface area contributed by atoms with E-state index < -0.39 is 23.5 Å². The predicted molar refractivity (Wildman–Crippen MR) is 117 cm³/mol. The molecule has 0 saturated carbocycles. The molecule has 0 N–H and O–H groups in total. The van der Waals surface area contributed by atoms with Crippen molar-refractivity contribution in [1.29, 1.82) is 0 Å². The molecule has 4 rings (SSSR count). The van der Waals surface area contributed by atoms with Crippen molar-refractivity contribution in [2.45, 2.75) is 31.6 Å². The van der Waals surface area contributed by atoms with Gasteiger partial charge in [0.2, 0.25) is 0 Å². The first-order valence-electron chi connectivity index (χ1n) is 10.6. The second kappa shape index (κ2) is 9.08. The molecule has 2 aromatic carbocycles. The molecule has 2 heterocycles. The molecule has 0 amide bonds. The van der Waals surface area contributed by atoms with E-state index >= 15 is 0 Å². The van der Waals surface area contributed by atoms with E-state index in [0.717, 1.165) is 62.1 Å². The minimum absolute atomic E-state index is 0.0158. The van der Waals surface area contributed by atoms with Gasteiger partial charge in [-0.15, -0.1) is 0 Å². The third-order valence-electron chi connectivity index (χ3n) is 6.00. The number of hydrogen-bond acceptors (Lipinski definition) is 3. The lowest BCUT2D eigenvalue weighted by Crippen LogP contribution is -2.33. The van der Waals surface area contributed by atoms with E-state index in [2.05, 4.69) is 0 Å². The largest absolute Gasteiger partial charge is 0.417 e. The highest BCUT2D eigenvalue weighted by molar-refractivity contribution is 7.99. The highest BCUT2D eigenvalue weighted by atomic mass is 32.2. The van der Waals surface area contributed by atoms with Gasteiger partial charge in [0.1, 0.15) is 0 Å². The smallest absolute Gasteiger partial charge is 0.372 e. The van der Waals surface area contributed by atoms with E-state index in [-0.39, 0.29) is 11.1 Å². The summed E-state index contributed by atoms with van der Waals surface area (Å²) in [5.41, 5.74) is -1.04. The van der Waals surface area contributed by atoms with Gasteiger partial charge in [-0.2, -0.15) is 38.1 Å². The average Bonchev–Trinajstić information content (AvgIpc) is 2.78. The Morgan fingerprint density at radius 3 is 1.97 bits per heavy atom. The number of halogens is 6. The quantitative estimate of drug-likeness (QED) is 0.445. The maximum atomic E-state index is 14.0. The number of rotatable bonds is 3. The van der Waals surface area contributed by atoms with Crippen molar-refractivity contribution < 1.29 is 26.3 Å². The fourth-order valence-corrected chi connectivity index (χ4v) is 5.26. The highest BCUT2D eigenvalue weighted by Gasteiger charge is 2.37. The number of thioether (sulfide) groups is 1. The summed E-state index contributed by atoms with van der Waals surface area (Å²) >= 11 is 1.72. The molecule has 0 aliphatic carbocycles. The third-order valence-corrected chi connectivity index (χ3v) is 6.94. The molecule has 2 nitrogen and oxygen atoms in total. The van der Waals surface area contributed by atoms with Crippen molar-refractivity contribution in [2.75, 3.05) is 47.5 Å². The molecule has 2 aliphatic rings. The van der Waals surface area contributed by atoms with Gasteiger partial charge >= 0.3 is 12.4 Å². The molecule has 0 unspecified atom stereocenters. The van der Waals surface area contributed by atoms with E-state index in [1.807, 2.05) is 9.80 Å². The van der Waals surface area contributed by atoms with Crippen LogP contribution in [-0.4, -0.2) is 37.7 Å². The number of alkyl halides is 6. The first-order chi connectivity index (χ1) is 15.1. The van der Waals surface area contributed by atoms with Crippen LogP contribution in [0.3, 0.4) is 0 Å². The Morgan fingerprint density at radius 1 is 0.656 bits per heavy atom. The van der Waals surface area contributed by atoms with Crippen molar-refractivity contribution in [3.8, 4) is 11.1 Å². The Morgan fingerprint density at radius 2 is 1.34 bits per heavy atom. The van der Waals surface area contributed by atoms with Crippen LogP contribution in [0.1, 0.15) is 30.4 Å². The molecule has 2 saturated heterocycles. The van der Waals surface area contributed by atoms with Crippen LogP contribution < -0.4 is 9.80 Å². The lowest BCUT2D eigenvalue weighted by molar-refractivity contribution is -0.137. The number of benzene rings is 2. The predicted octanol–water partition coefficient (Wildman–Crippen LogP) is 6.93. The monoisotopic (exact) mass is 474 g/mol. The summed E-state index contributed by atoms with van der Waals surface area (Å²) < 4.78 is 82.4. The highest BCUT2D eigenvalue weighted by Crippen LogP contribution is 2.45. The molecule has 0 atom stereocenters. The van der Waals surface area contributed by atoms with Gasteiger partial charge in [-0.1, -0.05) is 0 Å². The summed E-state index contributed by atoms with van der Waals surface area (Å²) in [7, 11) is 0. The van der Waals surface area contributed by atoms with Gasteiger partial charge in [-0.25, -0.2) is 0 Å². The summed E-state index contributed by atoms with van der Waals surface area (Å²) in [6.07, 6.45) is -6.38. The van der Waals surface area contributed by atoms with Gasteiger partial charge in [0.05, 0.1) is 11.1 Å². The zero-order chi connectivity index (χ0) is 22.9. The standard InChI is InChI=1S/C23H24F6N2S/c24-22(25,26)16-4-7-21(31-10-12-32-13-11-31)19(14-16)18-15-17(30-8-2-1-3-9-30)5-6-20(18)23(27,28)29/h4-7,14-15H,1-3,8-13H2. The average molecular weight is 475 g/mol. The Hall–Kier alpha value is -2.03. The minimum atomic E-state index is -4.68. The number of anilines is 2. The fraction of sp³-hybridized carbons (Fsp3) is 0.478. The minimum Gasteiger partial charge on any atom is -0.372 e. The molecule has 0 bridgehead atoms. The Balaban J connectivity index is 1.90. The molecule has 2 aromatic rings. The number of hydrogen-bond donors (Lipinski definition) is 0. The Kier molecular flexibility index (Phi) is 6.56. The Labute approximate surface area is 187 Å². The molecule has 0 spiro atoms. The topological polar surface area (TPSA) is 6.48 Å². The van der Waals surface area contributed by atoms with Crippen LogP contribution in [0.15, 0.2) is 36.4 Å². The lowest BCUT2D eigenvalue weighted by atomic mass is 9.94. The molecule has 2 fully saturated rings. The van der Waals surface area contributed by atoms with Gasteiger partial charge in [0.15, 0.2) is 0 Å². The number of nitrogens with zero attached hydrogens (tertiary/aromatic N) is 2. The van der Waals surface area contributed by atoms with Crippen molar-refractivity contribution in [2.24, 2.45) is 0 Å². The van der Waals surface area contributed by atoms with Crippen LogP contribution in [0.25, 0.3) is 11.1 Å². The fourth-order valence-electron chi connectivity index (χ4n) is 4.36. The van der Waals surface area contributed by atoms with Crippen molar-refractivity contribution >= 4 is 23.1 Å². The maximum absolute atomic E-state index is 14.0. The molecule has 0 aromatic heterocycles. The van der Waals surface area contributed by atoms with Crippen LogP contribution >= 0.6 is 11.8 Å². The summed E-state index contributed by atoms with van der Waals surface area (Å²) in [4.78, 5) is 3.90. The summed E-state index contributed by atoms with van der Waals surface area (Å²) in [6, 6.07) is 7.02. The van der Waals surface area contributed by atoms with Gasteiger partial charge in [-0.05, 0) is 61.2 Å². The van der Waals surface area contributed by atoms with Gasteiger partial charge < -0.3 is 9.80 Å². The van der Waals surface area contributed by atoms with Crippen LogP contribution in [0.4, 0.5) is 37.7 Å². The second-order valence-electron chi connectivity index (χ2n) is 8.10. The SMILES string of the molecule is FC(F)(F)c1ccc(N2CCSCC2)c(-c2cc(N3CCCCC3)ccc2C(F)(F)F)c1. The van der Waals surface area contributed by atoms with E-state index in [4.69, 9.17) is 0 Å². The molecular formula is C23H24F6N2S. The lowest BCUT2D eigenvalue weighted by Gasteiger charge is -2.32. The second-order valence-corrected chi connectivity index (χ2v) is 9.33. The molecular weight excluding hydrogens is 450 g/mol. The number of piperidine rings is 1. The first-order valence-corrected chi connectivity index (χ1v) is 11.8. The maximum Gasteiger partial charge on any atom is 0.417 e. The van der Waals surface area contributed by atoms with Gasteiger partial charge in [0.25, 0.3) is 0 Å². The van der Waals surface area contributed by atoms with Crippen LogP contribution in [0, 0.1) is 0 Å².